The Bertz CT molecular complexity index is 270. The number of hydrogen-bond donors (Lipinski definition) is 1. The molecule has 0 radical (unpaired) electrons. The Hall–Kier alpha value is -0.380. The number of likely N-dealkylation sites (N-methyl/N-ethyl adjacent to an activating group) is 1. The Balaban J connectivity index is 2.18. The molecule has 0 unspecified atom stereocenters. The summed E-state index contributed by atoms with van der Waals surface area (Å²) >= 11 is 1.80. The average molecular weight is 226 g/mol. The first kappa shape index (κ1) is 12.7. The second-order valence-electron chi connectivity index (χ2n) is 4.07. The van der Waals surface area contributed by atoms with E-state index in [0.717, 1.165) is 26.2 Å². The molecule has 3 heteroatoms. The van der Waals surface area contributed by atoms with E-state index in [-0.39, 0.29) is 0 Å². The van der Waals surface area contributed by atoms with Crippen LogP contribution in [-0.4, -0.2) is 31.6 Å². The number of hydrogen-bond acceptors (Lipinski definition) is 3. The molecule has 0 atom stereocenters. The molecule has 0 fully saturated rings. The van der Waals surface area contributed by atoms with Gasteiger partial charge in [0.05, 0.1) is 0 Å². The SMILES string of the molecule is CCCNCCN(C)Cc1cscc1C. The van der Waals surface area contributed by atoms with Gasteiger partial charge < -0.3 is 10.2 Å². The van der Waals surface area contributed by atoms with Crippen LogP contribution in [0.25, 0.3) is 0 Å². The van der Waals surface area contributed by atoms with E-state index in [1.807, 2.05) is 0 Å². The molecule has 0 spiro atoms. The van der Waals surface area contributed by atoms with Gasteiger partial charge in [-0.2, -0.15) is 11.3 Å². The third-order valence-corrected chi connectivity index (χ3v) is 3.41. The molecule has 15 heavy (non-hydrogen) atoms. The molecule has 2 nitrogen and oxygen atoms in total. The topological polar surface area (TPSA) is 15.3 Å². The van der Waals surface area contributed by atoms with Crippen LogP contribution >= 0.6 is 11.3 Å². The van der Waals surface area contributed by atoms with Crippen molar-refractivity contribution < 1.29 is 0 Å². The number of nitrogens with zero attached hydrogens (tertiary/aromatic N) is 1. The van der Waals surface area contributed by atoms with E-state index < -0.39 is 0 Å². The zero-order chi connectivity index (χ0) is 11.1. The van der Waals surface area contributed by atoms with E-state index in [1.165, 1.54) is 17.5 Å². The van der Waals surface area contributed by atoms with Crippen molar-refractivity contribution in [2.75, 3.05) is 26.7 Å². The van der Waals surface area contributed by atoms with Gasteiger partial charge in [0.15, 0.2) is 0 Å². The van der Waals surface area contributed by atoms with Crippen LogP contribution in [0.3, 0.4) is 0 Å². The lowest BCUT2D eigenvalue weighted by Gasteiger charge is -2.16. The van der Waals surface area contributed by atoms with Gasteiger partial charge >= 0.3 is 0 Å². The Morgan fingerprint density at radius 2 is 2.13 bits per heavy atom. The van der Waals surface area contributed by atoms with Crippen LogP contribution in [0.4, 0.5) is 0 Å². The molecule has 1 aromatic heterocycles. The summed E-state index contributed by atoms with van der Waals surface area (Å²) in [6.45, 7) is 8.80. The van der Waals surface area contributed by atoms with Crippen LogP contribution in [0.5, 0.6) is 0 Å². The van der Waals surface area contributed by atoms with Gasteiger partial charge in [0.2, 0.25) is 0 Å². The maximum absolute atomic E-state index is 3.42. The standard InChI is InChI=1S/C12H22N2S/c1-4-5-13-6-7-14(3)8-12-10-15-9-11(12)2/h9-10,13H,4-8H2,1-3H3. The van der Waals surface area contributed by atoms with Crippen LogP contribution < -0.4 is 5.32 Å². The number of nitrogens with one attached hydrogen (secondary N) is 1. The molecule has 0 aliphatic carbocycles. The summed E-state index contributed by atoms with van der Waals surface area (Å²) < 4.78 is 0. The zero-order valence-electron chi connectivity index (χ0n) is 10.0. The minimum Gasteiger partial charge on any atom is -0.315 e. The van der Waals surface area contributed by atoms with E-state index in [9.17, 15) is 0 Å². The Morgan fingerprint density at radius 3 is 2.73 bits per heavy atom. The Labute approximate surface area is 97.3 Å². The van der Waals surface area contributed by atoms with Crippen LogP contribution in [0.2, 0.25) is 0 Å². The lowest BCUT2D eigenvalue weighted by molar-refractivity contribution is 0.324. The monoisotopic (exact) mass is 226 g/mol. The molecule has 0 bridgehead atoms. The van der Waals surface area contributed by atoms with Crippen molar-refractivity contribution >= 4 is 11.3 Å². The highest BCUT2D eigenvalue weighted by Crippen LogP contribution is 2.14. The van der Waals surface area contributed by atoms with E-state index in [4.69, 9.17) is 0 Å². The summed E-state index contributed by atoms with van der Waals surface area (Å²) in [5.41, 5.74) is 2.89. The third kappa shape index (κ3) is 4.78. The molecule has 0 saturated carbocycles. The highest BCUT2D eigenvalue weighted by molar-refractivity contribution is 7.08. The lowest BCUT2D eigenvalue weighted by atomic mass is 10.2. The molecule has 0 aliphatic heterocycles. The maximum atomic E-state index is 3.42. The maximum Gasteiger partial charge on any atom is 0.0242 e. The van der Waals surface area contributed by atoms with Crippen molar-refractivity contribution in [2.24, 2.45) is 0 Å². The molecule has 1 aromatic rings. The summed E-state index contributed by atoms with van der Waals surface area (Å²) in [4.78, 5) is 2.37. The molecular weight excluding hydrogens is 204 g/mol. The molecule has 0 aromatic carbocycles. The molecule has 1 rings (SSSR count). The van der Waals surface area contributed by atoms with Gasteiger partial charge in [-0.05, 0) is 48.8 Å². The highest BCUT2D eigenvalue weighted by Gasteiger charge is 2.03. The third-order valence-electron chi connectivity index (χ3n) is 2.50. The predicted octanol–water partition coefficient (Wildman–Crippen LogP) is 2.49. The van der Waals surface area contributed by atoms with Gasteiger partial charge in [-0.25, -0.2) is 0 Å². The summed E-state index contributed by atoms with van der Waals surface area (Å²) in [7, 11) is 2.19. The number of rotatable bonds is 7. The first-order valence-electron chi connectivity index (χ1n) is 5.65. The largest absolute Gasteiger partial charge is 0.315 e. The Morgan fingerprint density at radius 1 is 1.33 bits per heavy atom. The average Bonchev–Trinajstić information content (AvgIpc) is 2.59. The van der Waals surface area contributed by atoms with Gasteiger partial charge in [-0.1, -0.05) is 6.92 Å². The molecule has 0 saturated heterocycles. The fourth-order valence-electron chi connectivity index (χ4n) is 1.49. The minimum absolute atomic E-state index is 1.07. The first-order valence-corrected chi connectivity index (χ1v) is 6.59. The predicted molar refractivity (Wildman–Crippen MR) is 68.6 cm³/mol. The second-order valence-corrected chi connectivity index (χ2v) is 4.81. The highest BCUT2D eigenvalue weighted by atomic mass is 32.1. The quantitative estimate of drug-likeness (QED) is 0.719. The van der Waals surface area contributed by atoms with E-state index in [0.29, 0.717) is 0 Å². The van der Waals surface area contributed by atoms with E-state index in [2.05, 4.69) is 41.9 Å². The van der Waals surface area contributed by atoms with E-state index >= 15 is 0 Å². The van der Waals surface area contributed by atoms with Crippen molar-refractivity contribution in [1.29, 1.82) is 0 Å². The van der Waals surface area contributed by atoms with Crippen LogP contribution in [0.1, 0.15) is 24.5 Å². The van der Waals surface area contributed by atoms with Gasteiger partial charge in [0.25, 0.3) is 0 Å². The fourth-order valence-corrected chi connectivity index (χ4v) is 2.34. The van der Waals surface area contributed by atoms with Crippen molar-refractivity contribution in [3.63, 3.8) is 0 Å². The minimum atomic E-state index is 1.07. The normalized spacial score (nSPS) is 11.2. The Kier molecular flexibility index (Phi) is 5.91. The molecule has 0 amide bonds. The van der Waals surface area contributed by atoms with Gasteiger partial charge in [-0.3, -0.25) is 0 Å². The van der Waals surface area contributed by atoms with Crippen LogP contribution in [0, 0.1) is 6.92 Å². The van der Waals surface area contributed by atoms with E-state index in [1.54, 1.807) is 11.3 Å². The van der Waals surface area contributed by atoms with Gasteiger partial charge in [-0.15, -0.1) is 0 Å². The number of aryl methyl sites for hydroxylation is 1. The first-order chi connectivity index (χ1) is 7.24. The fraction of sp³-hybridized carbons (Fsp3) is 0.667. The molecular formula is C12H22N2S. The summed E-state index contributed by atoms with van der Waals surface area (Å²) in [6, 6.07) is 0. The van der Waals surface area contributed by atoms with Gasteiger partial charge in [0.1, 0.15) is 0 Å². The van der Waals surface area contributed by atoms with Crippen molar-refractivity contribution in [1.82, 2.24) is 10.2 Å². The molecule has 1 N–H and O–H groups in total. The van der Waals surface area contributed by atoms with Crippen molar-refractivity contribution in [2.45, 2.75) is 26.8 Å². The molecule has 86 valence electrons. The van der Waals surface area contributed by atoms with Crippen molar-refractivity contribution in [3.8, 4) is 0 Å². The zero-order valence-corrected chi connectivity index (χ0v) is 10.9. The van der Waals surface area contributed by atoms with Crippen LogP contribution in [-0.2, 0) is 6.54 Å². The molecule has 0 aliphatic rings. The van der Waals surface area contributed by atoms with Gasteiger partial charge in [0, 0.05) is 19.6 Å². The van der Waals surface area contributed by atoms with Crippen LogP contribution in [0.15, 0.2) is 10.8 Å². The second kappa shape index (κ2) is 6.99. The number of thiophene rings is 1. The molecule has 1 heterocycles. The summed E-state index contributed by atoms with van der Waals surface area (Å²) in [5, 5.41) is 7.90. The smallest absolute Gasteiger partial charge is 0.0242 e. The summed E-state index contributed by atoms with van der Waals surface area (Å²) in [6.07, 6.45) is 1.22. The van der Waals surface area contributed by atoms with Crippen molar-refractivity contribution in [3.05, 3.63) is 21.9 Å². The lowest BCUT2D eigenvalue weighted by Crippen LogP contribution is -2.29. The summed E-state index contributed by atoms with van der Waals surface area (Å²) in [5.74, 6) is 0.